The summed E-state index contributed by atoms with van der Waals surface area (Å²) in [4.78, 5) is 26.1. The van der Waals surface area contributed by atoms with Crippen molar-refractivity contribution < 1.29 is 9.53 Å². The molecule has 5 rings (SSSR count). The molecule has 1 saturated heterocycles. The lowest BCUT2D eigenvalue weighted by Gasteiger charge is -2.26. The van der Waals surface area contributed by atoms with Crippen LogP contribution in [0, 0.1) is 0 Å². The third kappa shape index (κ3) is 2.77. The Labute approximate surface area is 161 Å². The van der Waals surface area contributed by atoms with Gasteiger partial charge in [-0.05, 0) is 43.2 Å². The van der Waals surface area contributed by atoms with Gasteiger partial charge in [0.25, 0.3) is 5.78 Å². The first kappa shape index (κ1) is 16.7. The van der Waals surface area contributed by atoms with Gasteiger partial charge in [0.1, 0.15) is 12.1 Å². The molecule has 142 valence electrons. The second kappa shape index (κ2) is 6.63. The molecule has 0 saturated carbocycles. The summed E-state index contributed by atoms with van der Waals surface area (Å²) in [5.41, 5.74) is 2.74. The Balaban J connectivity index is 1.43. The summed E-state index contributed by atoms with van der Waals surface area (Å²) >= 11 is 0. The fourth-order valence-electron chi connectivity index (χ4n) is 4.09. The van der Waals surface area contributed by atoms with E-state index in [1.54, 1.807) is 16.8 Å². The number of esters is 1. The first-order chi connectivity index (χ1) is 13.7. The molecular weight excluding hydrogens is 356 g/mol. The number of carbonyl (C=O) groups excluding carboxylic acids is 1. The molecule has 4 aromatic rings. The standard InChI is InChI=1S/C20H20N6O2/c1-28-19(27)13-4-5-17-14(9-13)10-15(24-17)11-16-3-2-8-25(16)18-6-7-21-20-22-12-23-26(18)20/h4-7,9-10,12,16,24H,2-3,8,11H2,1H3. The van der Waals surface area contributed by atoms with Crippen molar-refractivity contribution in [2.24, 2.45) is 0 Å². The molecule has 0 amide bonds. The topological polar surface area (TPSA) is 88.4 Å². The number of rotatable bonds is 4. The Morgan fingerprint density at radius 3 is 3.11 bits per heavy atom. The fraction of sp³-hybridized carbons (Fsp3) is 0.300. The Morgan fingerprint density at radius 2 is 2.21 bits per heavy atom. The van der Waals surface area contributed by atoms with Crippen LogP contribution in [0.4, 0.5) is 5.82 Å². The molecule has 1 fully saturated rings. The number of hydrogen-bond donors (Lipinski definition) is 1. The normalized spacial score (nSPS) is 16.9. The number of aromatic nitrogens is 5. The molecule has 1 N–H and O–H groups in total. The SMILES string of the molecule is COC(=O)c1ccc2[nH]c(CC3CCCN3c3ccnc4ncnn34)cc2c1. The molecule has 0 radical (unpaired) electrons. The van der Waals surface area contributed by atoms with Gasteiger partial charge in [0, 0.05) is 41.8 Å². The predicted octanol–water partition coefficient (Wildman–Crippen LogP) is 2.60. The van der Waals surface area contributed by atoms with Crippen molar-refractivity contribution in [1.29, 1.82) is 0 Å². The largest absolute Gasteiger partial charge is 0.465 e. The van der Waals surface area contributed by atoms with Crippen molar-refractivity contribution in [3.05, 3.63) is 54.1 Å². The summed E-state index contributed by atoms with van der Waals surface area (Å²) in [5, 5.41) is 5.34. The maximum absolute atomic E-state index is 11.8. The first-order valence-corrected chi connectivity index (χ1v) is 9.34. The number of methoxy groups -OCH3 is 1. The van der Waals surface area contributed by atoms with Gasteiger partial charge in [0.2, 0.25) is 0 Å². The zero-order chi connectivity index (χ0) is 19.1. The summed E-state index contributed by atoms with van der Waals surface area (Å²) in [7, 11) is 1.40. The van der Waals surface area contributed by atoms with Crippen molar-refractivity contribution in [2.45, 2.75) is 25.3 Å². The van der Waals surface area contributed by atoms with Crippen LogP contribution in [0.2, 0.25) is 0 Å². The number of nitrogens with zero attached hydrogens (tertiary/aromatic N) is 5. The third-order valence-electron chi connectivity index (χ3n) is 5.38. The molecular formula is C20H20N6O2. The van der Waals surface area contributed by atoms with E-state index in [9.17, 15) is 4.79 Å². The van der Waals surface area contributed by atoms with Gasteiger partial charge in [-0.3, -0.25) is 0 Å². The van der Waals surface area contributed by atoms with Crippen molar-refractivity contribution in [1.82, 2.24) is 24.6 Å². The molecule has 0 aliphatic carbocycles. The summed E-state index contributed by atoms with van der Waals surface area (Å²) in [6, 6.07) is 10.1. The molecule has 8 nitrogen and oxygen atoms in total. The van der Waals surface area contributed by atoms with Crippen molar-refractivity contribution in [3.63, 3.8) is 0 Å². The average Bonchev–Trinajstić information content (AvgIpc) is 3.45. The van der Waals surface area contributed by atoms with E-state index in [0.717, 1.165) is 48.2 Å². The lowest BCUT2D eigenvalue weighted by Crippen LogP contribution is -2.32. The molecule has 0 spiro atoms. The Morgan fingerprint density at radius 1 is 1.29 bits per heavy atom. The predicted molar refractivity (Wildman–Crippen MR) is 104 cm³/mol. The van der Waals surface area contributed by atoms with E-state index in [1.807, 2.05) is 18.2 Å². The molecule has 1 aliphatic rings. The second-order valence-electron chi connectivity index (χ2n) is 7.06. The van der Waals surface area contributed by atoms with Gasteiger partial charge < -0.3 is 14.6 Å². The highest BCUT2D eigenvalue weighted by Gasteiger charge is 2.27. The fourth-order valence-corrected chi connectivity index (χ4v) is 4.09. The molecule has 1 unspecified atom stereocenters. The number of anilines is 1. The maximum atomic E-state index is 11.8. The van der Waals surface area contributed by atoms with E-state index < -0.39 is 0 Å². The molecule has 1 aliphatic heterocycles. The highest BCUT2D eigenvalue weighted by atomic mass is 16.5. The van der Waals surface area contributed by atoms with Crippen LogP contribution < -0.4 is 4.90 Å². The highest BCUT2D eigenvalue weighted by Crippen LogP contribution is 2.28. The molecule has 3 aromatic heterocycles. The zero-order valence-corrected chi connectivity index (χ0v) is 15.5. The van der Waals surface area contributed by atoms with E-state index in [0.29, 0.717) is 17.4 Å². The number of H-pyrrole nitrogens is 1. The summed E-state index contributed by atoms with van der Waals surface area (Å²) in [6.45, 7) is 0.982. The molecule has 0 bridgehead atoms. The monoisotopic (exact) mass is 376 g/mol. The molecule has 1 atom stereocenters. The number of ether oxygens (including phenoxy) is 1. The number of fused-ring (bicyclic) bond motifs is 2. The highest BCUT2D eigenvalue weighted by molar-refractivity contribution is 5.94. The van der Waals surface area contributed by atoms with Crippen LogP contribution in [0.25, 0.3) is 16.7 Å². The van der Waals surface area contributed by atoms with Gasteiger partial charge in [0.15, 0.2) is 0 Å². The van der Waals surface area contributed by atoms with Gasteiger partial charge in [0.05, 0.1) is 12.7 Å². The summed E-state index contributed by atoms with van der Waals surface area (Å²) in [6.07, 6.45) is 6.46. The molecule has 28 heavy (non-hydrogen) atoms. The van der Waals surface area contributed by atoms with E-state index >= 15 is 0 Å². The lowest BCUT2D eigenvalue weighted by atomic mass is 10.1. The summed E-state index contributed by atoms with van der Waals surface area (Å²) < 4.78 is 6.61. The van der Waals surface area contributed by atoms with Crippen LogP contribution in [-0.4, -0.2) is 50.2 Å². The molecule has 8 heteroatoms. The average molecular weight is 376 g/mol. The minimum absolute atomic E-state index is 0.318. The number of carbonyl (C=O) groups is 1. The van der Waals surface area contributed by atoms with Crippen molar-refractivity contribution >= 4 is 28.5 Å². The number of aromatic amines is 1. The van der Waals surface area contributed by atoms with Crippen molar-refractivity contribution in [3.8, 4) is 0 Å². The van der Waals surface area contributed by atoms with E-state index in [1.165, 1.54) is 13.4 Å². The zero-order valence-electron chi connectivity index (χ0n) is 15.5. The Bertz CT molecular complexity index is 1160. The summed E-state index contributed by atoms with van der Waals surface area (Å²) in [5.74, 6) is 1.32. The van der Waals surface area contributed by atoms with Crippen LogP contribution in [0.1, 0.15) is 28.9 Å². The minimum atomic E-state index is -0.318. The van der Waals surface area contributed by atoms with E-state index in [-0.39, 0.29) is 5.97 Å². The number of nitrogens with one attached hydrogen (secondary N) is 1. The van der Waals surface area contributed by atoms with Crippen LogP contribution in [0.3, 0.4) is 0 Å². The molecule has 1 aromatic carbocycles. The lowest BCUT2D eigenvalue weighted by molar-refractivity contribution is 0.0601. The van der Waals surface area contributed by atoms with E-state index in [4.69, 9.17) is 4.74 Å². The van der Waals surface area contributed by atoms with Gasteiger partial charge in [-0.25, -0.2) is 9.78 Å². The quantitative estimate of drug-likeness (QED) is 0.551. The Kier molecular flexibility index (Phi) is 3.96. The van der Waals surface area contributed by atoms with Crippen LogP contribution in [0.15, 0.2) is 42.9 Å². The van der Waals surface area contributed by atoms with Crippen LogP contribution in [0.5, 0.6) is 0 Å². The van der Waals surface area contributed by atoms with Gasteiger partial charge in [-0.1, -0.05) is 0 Å². The maximum Gasteiger partial charge on any atom is 0.337 e. The van der Waals surface area contributed by atoms with Crippen LogP contribution >= 0.6 is 0 Å². The Hall–Kier alpha value is -3.42. The second-order valence-corrected chi connectivity index (χ2v) is 7.06. The van der Waals surface area contributed by atoms with Crippen LogP contribution in [-0.2, 0) is 11.2 Å². The van der Waals surface area contributed by atoms with Gasteiger partial charge in [-0.2, -0.15) is 14.6 Å². The number of benzene rings is 1. The minimum Gasteiger partial charge on any atom is -0.465 e. The smallest absolute Gasteiger partial charge is 0.337 e. The first-order valence-electron chi connectivity index (χ1n) is 9.34. The number of hydrogen-bond acceptors (Lipinski definition) is 6. The molecule has 4 heterocycles. The van der Waals surface area contributed by atoms with E-state index in [2.05, 4.69) is 31.0 Å². The van der Waals surface area contributed by atoms with Gasteiger partial charge in [-0.15, -0.1) is 0 Å². The third-order valence-corrected chi connectivity index (χ3v) is 5.38. The van der Waals surface area contributed by atoms with Gasteiger partial charge >= 0.3 is 5.97 Å². The van der Waals surface area contributed by atoms with Crippen molar-refractivity contribution in [2.75, 3.05) is 18.6 Å².